The Labute approximate surface area is 214 Å². The highest BCUT2D eigenvalue weighted by molar-refractivity contribution is 6.04. The lowest BCUT2D eigenvalue weighted by Crippen LogP contribution is -2.60. The Morgan fingerprint density at radius 3 is 2.70 bits per heavy atom. The molecule has 0 bridgehead atoms. The molecule has 0 amide bonds. The number of ether oxygens (including phenoxy) is 3. The molecular weight excluding hydrogens is 480 g/mol. The molecule has 5 heterocycles. The molecule has 1 fully saturated rings. The van der Waals surface area contributed by atoms with Crippen LogP contribution in [0.1, 0.15) is 28.5 Å². The van der Waals surface area contributed by atoms with E-state index in [1.165, 1.54) is 11.8 Å². The number of aliphatic hydroxyl groups excluding tert-OH is 4. The number of allylic oxidation sites excluding steroid dienone is 1. The zero-order valence-electron chi connectivity index (χ0n) is 20.5. The summed E-state index contributed by atoms with van der Waals surface area (Å²) >= 11 is 0. The molecule has 4 aliphatic heterocycles. The molecule has 4 N–H and O–H groups in total. The molecule has 6 rings (SSSR count). The smallest absolute Gasteiger partial charge is 0.261 e. The second kappa shape index (κ2) is 9.32. The highest BCUT2D eigenvalue weighted by Crippen LogP contribution is 2.48. The molecule has 10 heteroatoms. The van der Waals surface area contributed by atoms with E-state index in [2.05, 4.69) is 24.6 Å². The van der Waals surface area contributed by atoms with Crippen molar-refractivity contribution < 1.29 is 39.4 Å². The Morgan fingerprint density at radius 1 is 1.16 bits per heavy atom. The summed E-state index contributed by atoms with van der Waals surface area (Å²) in [4.78, 5) is 16.3. The van der Waals surface area contributed by atoms with Crippen LogP contribution in [0.5, 0.6) is 0 Å². The van der Waals surface area contributed by atoms with Gasteiger partial charge in [-0.25, -0.2) is 0 Å². The number of hydrogen-bond donors (Lipinski definition) is 4. The maximum Gasteiger partial charge on any atom is 0.261 e. The number of hydrogen-bond acceptors (Lipinski definition) is 9. The van der Waals surface area contributed by atoms with Gasteiger partial charge in [0.2, 0.25) is 6.29 Å². The molecule has 1 saturated heterocycles. The van der Waals surface area contributed by atoms with E-state index < -0.39 is 49.5 Å². The van der Waals surface area contributed by atoms with Gasteiger partial charge in [0.05, 0.1) is 30.0 Å². The van der Waals surface area contributed by atoms with Gasteiger partial charge < -0.3 is 34.6 Å². The van der Waals surface area contributed by atoms with E-state index >= 15 is 0 Å². The summed E-state index contributed by atoms with van der Waals surface area (Å²) in [5.74, 6) is -0.893. The minimum absolute atomic E-state index is 0.00976. The normalized spacial score (nSPS) is 37.8. The lowest BCUT2D eigenvalue weighted by atomic mass is 9.78. The molecule has 0 aliphatic carbocycles. The third kappa shape index (κ3) is 3.70. The van der Waals surface area contributed by atoms with E-state index in [-0.39, 0.29) is 17.9 Å². The molecule has 2 aromatic rings. The first-order valence-electron chi connectivity index (χ1n) is 12.7. The van der Waals surface area contributed by atoms with Crippen molar-refractivity contribution in [1.82, 2.24) is 9.47 Å². The Balaban J connectivity index is 1.36. The van der Waals surface area contributed by atoms with Gasteiger partial charge >= 0.3 is 0 Å². The standard InChI is InChI=1S/C27H32N2O8/c1-3-13-16-10-19-21-15(8-9-28(19)2)14-6-4-5-7-18(14)29(21)25(34)17(16)12-35-26(13)37-27-24(33)23(32)22(31)20(11-30)36-27/h3-7,12-13,16,19-20,22-24,26-27,30-33H,1,8-11H2,2H3. The largest absolute Gasteiger partial charge is 0.471 e. The summed E-state index contributed by atoms with van der Waals surface area (Å²) in [6, 6.07) is 7.97. The molecule has 9 unspecified atom stereocenters. The number of para-hydroxylation sites is 1. The Kier molecular flexibility index (Phi) is 6.23. The number of benzene rings is 1. The topological polar surface area (TPSA) is 134 Å². The zero-order valence-corrected chi connectivity index (χ0v) is 20.5. The number of nitrogens with zero attached hydrogens (tertiary/aromatic N) is 2. The van der Waals surface area contributed by atoms with Crippen LogP contribution in [0.4, 0.5) is 0 Å². The van der Waals surface area contributed by atoms with E-state index in [9.17, 15) is 25.2 Å². The molecule has 4 aliphatic rings. The van der Waals surface area contributed by atoms with Gasteiger partial charge in [-0.15, -0.1) is 6.58 Å². The molecule has 37 heavy (non-hydrogen) atoms. The van der Waals surface area contributed by atoms with Crippen LogP contribution in [0.2, 0.25) is 0 Å². The van der Waals surface area contributed by atoms with E-state index in [0.717, 1.165) is 29.6 Å². The van der Waals surface area contributed by atoms with Gasteiger partial charge in [0.15, 0.2) is 6.29 Å². The minimum atomic E-state index is -1.57. The lowest BCUT2D eigenvalue weighted by molar-refractivity contribution is -0.339. The fourth-order valence-electron chi connectivity index (χ4n) is 6.39. The number of aliphatic hydroxyl groups is 4. The highest BCUT2D eigenvalue weighted by Gasteiger charge is 2.49. The van der Waals surface area contributed by atoms with Crippen molar-refractivity contribution in [3.63, 3.8) is 0 Å². The van der Waals surface area contributed by atoms with Crippen molar-refractivity contribution in [2.75, 3.05) is 20.2 Å². The van der Waals surface area contributed by atoms with Gasteiger partial charge in [-0.2, -0.15) is 0 Å². The summed E-state index contributed by atoms with van der Waals surface area (Å²) in [6.07, 6.45) is -3.45. The minimum Gasteiger partial charge on any atom is -0.471 e. The second-order valence-corrected chi connectivity index (χ2v) is 10.3. The van der Waals surface area contributed by atoms with Gasteiger partial charge in [-0.3, -0.25) is 14.3 Å². The third-order valence-electron chi connectivity index (χ3n) is 8.41. The van der Waals surface area contributed by atoms with Crippen LogP contribution in [-0.4, -0.2) is 93.0 Å². The highest BCUT2D eigenvalue weighted by atomic mass is 16.8. The maximum atomic E-state index is 14.0. The molecule has 0 spiro atoms. The van der Waals surface area contributed by atoms with Gasteiger partial charge in [0.1, 0.15) is 24.4 Å². The van der Waals surface area contributed by atoms with Gasteiger partial charge in [0.25, 0.3) is 5.91 Å². The maximum absolute atomic E-state index is 14.0. The van der Waals surface area contributed by atoms with Crippen molar-refractivity contribution in [1.29, 1.82) is 0 Å². The number of carbonyl (C=O) groups excluding carboxylic acids is 1. The fraction of sp³-hybridized carbons (Fsp3) is 0.519. The quantitative estimate of drug-likeness (QED) is 0.437. The summed E-state index contributed by atoms with van der Waals surface area (Å²) in [5.41, 5.74) is 3.63. The van der Waals surface area contributed by atoms with Crippen molar-refractivity contribution >= 4 is 16.8 Å². The Morgan fingerprint density at radius 2 is 1.95 bits per heavy atom. The first-order chi connectivity index (χ1) is 17.8. The van der Waals surface area contributed by atoms with Crippen molar-refractivity contribution in [3.05, 3.63) is 60.0 Å². The molecule has 10 nitrogen and oxygen atoms in total. The molecule has 1 aromatic carbocycles. The van der Waals surface area contributed by atoms with Crippen LogP contribution in [0.15, 0.2) is 48.8 Å². The van der Waals surface area contributed by atoms with E-state index in [1.54, 1.807) is 6.08 Å². The SMILES string of the molecule is C=CC1C(OC2OC(CO)C(O)C(O)C2O)OC=C2C(=O)n3c4c(c5ccccc53)CCN(C)C4CC21. The molecule has 0 radical (unpaired) electrons. The monoisotopic (exact) mass is 512 g/mol. The van der Waals surface area contributed by atoms with Crippen LogP contribution >= 0.6 is 0 Å². The van der Waals surface area contributed by atoms with Gasteiger partial charge in [0, 0.05) is 29.5 Å². The first-order valence-corrected chi connectivity index (χ1v) is 12.7. The van der Waals surface area contributed by atoms with Crippen molar-refractivity contribution in [2.24, 2.45) is 11.8 Å². The number of carbonyl (C=O) groups is 1. The molecule has 1 aromatic heterocycles. The summed E-state index contributed by atoms with van der Waals surface area (Å²) in [5, 5.41) is 41.4. The third-order valence-corrected chi connectivity index (χ3v) is 8.41. The Bertz CT molecular complexity index is 1250. The predicted molar refractivity (Wildman–Crippen MR) is 131 cm³/mol. The average molecular weight is 513 g/mol. The van der Waals surface area contributed by atoms with E-state index in [0.29, 0.717) is 12.0 Å². The van der Waals surface area contributed by atoms with E-state index in [4.69, 9.17) is 14.2 Å². The molecule has 0 saturated carbocycles. The van der Waals surface area contributed by atoms with Crippen LogP contribution in [0.3, 0.4) is 0 Å². The van der Waals surface area contributed by atoms with Crippen molar-refractivity contribution in [3.8, 4) is 0 Å². The predicted octanol–water partition coefficient (Wildman–Crippen LogP) is 0.689. The van der Waals surface area contributed by atoms with Crippen LogP contribution in [0, 0.1) is 11.8 Å². The average Bonchev–Trinajstić information content (AvgIpc) is 3.17. The van der Waals surface area contributed by atoms with E-state index in [1.807, 2.05) is 22.8 Å². The fourth-order valence-corrected chi connectivity index (χ4v) is 6.39. The van der Waals surface area contributed by atoms with Gasteiger partial charge in [-0.05, 0) is 31.5 Å². The van der Waals surface area contributed by atoms with Crippen LogP contribution in [0.25, 0.3) is 10.9 Å². The number of rotatable bonds is 4. The summed E-state index contributed by atoms with van der Waals surface area (Å²) in [6.45, 7) is 4.29. The van der Waals surface area contributed by atoms with Crippen LogP contribution in [-0.2, 0) is 20.6 Å². The molecule has 9 atom stereocenters. The molecular formula is C27H32N2O8. The lowest BCUT2D eigenvalue weighted by Gasteiger charge is -2.43. The van der Waals surface area contributed by atoms with Crippen LogP contribution < -0.4 is 0 Å². The van der Waals surface area contributed by atoms with Gasteiger partial charge in [-0.1, -0.05) is 24.3 Å². The van der Waals surface area contributed by atoms with Crippen molar-refractivity contribution in [2.45, 2.75) is 55.9 Å². The summed E-state index contributed by atoms with van der Waals surface area (Å²) in [7, 11) is 2.07. The number of likely N-dealkylation sites (N-methyl/N-ethyl adjacent to an activating group) is 1. The summed E-state index contributed by atoms with van der Waals surface area (Å²) < 4.78 is 19.2. The first kappa shape index (κ1) is 24.7. The number of aromatic nitrogens is 1. The Hall–Kier alpha value is -2.57. The second-order valence-electron chi connectivity index (χ2n) is 10.3. The number of fused-ring (bicyclic) bond motifs is 4. The zero-order chi connectivity index (χ0) is 26.0. The molecule has 198 valence electrons.